The highest BCUT2D eigenvalue weighted by atomic mass is 16.5. The van der Waals surface area contributed by atoms with Crippen LogP contribution in [-0.4, -0.2) is 29.7 Å². The molecule has 3 heterocycles. The Morgan fingerprint density at radius 3 is 2.48 bits per heavy atom. The average Bonchev–Trinajstić information content (AvgIpc) is 2.76. The molecule has 4 heteroatoms. The van der Waals surface area contributed by atoms with Gasteiger partial charge in [0.15, 0.2) is 0 Å². The maximum Gasteiger partial charge on any atom is 0.254 e. The fourth-order valence-electron chi connectivity index (χ4n) is 5.90. The van der Waals surface area contributed by atoms with Crippen LogP contribution in [0.25, 0.3) is 0 Å². The summed E-state index contributed by atoms with van der Waals surface area (Å²) in [6, 6.07) is 12.9. The highest BCUT2D eigenvalue weighted by Crippen LogP contribution is 2.37. The van der Waals surface area contributed by atoms with E-state index in [9.17, 15) is 4.79 Å². The van der Waals surface area contributed by atoms with Crippen LogP contribution >= 0.6 is 0 Å². The third-order valence-electron chi connectivity index (χ3n) is 7.32. The Morgan fingerprint density at radius 2 is 1.72 bits per heavy atom. The predicted molar refractivity (Wildman–Crippen MR) is 116 cm³/mol. The highest BCUT2D eigenvalue weighted by Gasteiger charge is 2.35. The molecule has 2 fully saturated rings. The lowest BCUT2D eigenvalue weighted by atomic mass is 9.81. The zero-order chi connectivity index (χ0) is 19.8. The molecule has 0 amide bonds. The van der Waals surface area contributed by atoms with E-state index in [0.717, 1.165) is 37.5 Å². The molecule has 0 spiro atoms. The standard InChI is InChI=1S/C25H32N2O2/c1-29-22-9-7-18(8-10-22)14-26-15-19-13-21(17-26)24-12-11-23(25(28)27(24)16-19)20-5-3-2-4-6-20/h7-12,19-21H,2-6,13-17H2,1H3. The summed E-state index contributed by atoms with van der Waals surface area (Å²) in [5.41, 5.74) is 4.00. The summed E-state index contributed by atoms with van der Waals surface area (Å²) in [6.45, 7) is 4.00. The zero-order valence-electron chi connectivity index (χ0n) is 17.5. The van der Waals surface area contributed by atoms with E-state index in [2.05, 4.69) is 33.7 Å². The van der Waals surface area contributed by atoms with E-state index in [1.54, 1.807) is 7.11 Å². The number of pyridine rings is 1. The fourth-order valence-corrected chi connectivity index (χ4v) is 5.90. The van der Waals surface area contributed by atoms with E-state index < -0.39 is 0 Å². The van der Waals surface area contributed by atoms with Gasteiger partial charge in [0.25, 0.3) is 5.56 Å². The Morgan fingerprint density at radius 1 is 0.931 bits per heavy atom. The van der Waals surface area contributed by atoms with Gasteiger partial charge in [-0.25, -0.2) is 0 Å². The van der Waals surface area contributed by atoms with Crippen molar-refractivity contribution in [2.75, 3.05) is 20.2 Å². The second-order valence-electron chi connectivity index (χ2n) is 9.31. The first kappa shape index (κ1) is 18.9. The number of fused-ring (bicyclic) bond motifs is 4. The summed E-state index contributed by atoms with van der Waals surface area (Å²) >= 11 is 0. The van der Waals surface area contributed by atoms with Gasteiger partial charge in [-0.05, 0) is 54.9 Å². The summed E-state index contributed by atoms with van der Waals surface area (Å²) in [6.07, 6.45) is 7.49. The number of piperidine rings is 1. The highest BCUT2D eigenvalue weighted by molar-refractivity contribution is 5.28. The lowest BCUT2D eigenvalue weighted by molar-refractivity contribution is 0.114. The molecule has 2 atom stereocenters. The number of methoxy groups -OCH3 is 1. The summed E-state index contributed by atoms with van der Waals surface area (Å²) in [5.74, 6) is 2.46. The maximum absolute atomic E-state index is 13.3. The van der Waals surface area contributed by atoms with Crippen molar-refractivity contribution in [2.45, 2.75) is 63.5 Å². The van der Waals surface area contributed by atoms with Crippen LogP contribution in [0.4, 0.5) is 0 Å². The number of likely N-dealkylation sites (tertiary alicyclic amines) is 1. The number of ether oxygens (including phenoxy) is 1. The van der Waals surface area contributed by atoms with Gasteiger partial charge < -0.3 is 9.30 Å². The Bertz CT molecular complexity index is 911. The Kier molecular flexibility index (Phi) is 5.21. The molecule has 1 aromatic heterocycles. The van der Waals surface area contributed by atoms with Crippen molar-refractivity contribution in [1.82, 2.24) is 9.47 Å². The molecule has 1 aromatic carbocycles. The first-order valence-electron chi connectivity index (χ1n) is 11.3. The van der Waals surface area contributed by atoms with E-state index in [1.807, 2.05) is 12.1 Å². The van der Waals surface area contributed by atoms with Crippen molar-refractivity contribution in [3.63, 3.8) is 0 Å². The Labute approximate surface area is 173 Å². The predicted octanol–water partition coefficient (Wildman–Crippen LogP) is 4.52. The first-order chi connectivity index (χ1) is 14.2. The van der Waals surface area contributed by atoms with Gasteiger partial charge in [-0.2, -0.15) is 0 Å². The lowest BCUT2D eigenvalue weighted by Gasteiger charge is -2.43. The SMILES string of the molecule is COc1ccc(CN2CC3CC(C2)c2ccc(C4CCCCC4)c(=O)n2C3)cc1. The second-order valence-corrected chi connectivity index (χ2v) is 9.31. The molecular weight excluding hydrogens is 360 g/mol. The third kappa shape index (κ3) is 3.75. The number of hydrogen-bond donors (Lipinski definition) is 0. The van der Waals surface area contributed by atoms with Crippen molar-refractivity contribution < 1.29 is 4.74 Å². The van der Waals surface area contributed by atoms with Crippen molar-refractivity contribution >= 4 is 0 Å². The van der Waals surface area contributed by atoms with Crippen LogP contribution in [0.15, 0.2) is 41.2 Å². The lowest BCUT2D eigenvalue weighted by Crippen LogP contribution is -2.47. The van der Waals surface area contributed by atoms with Crippen LogP contribution < -0.4 is 10.3 Å². The number of benzene rings is 1. The van der Waals surface area contributed by atoms with E-state index in [4.69, 9.17) is 4.74 Å². The number of aromatic nitrogens is 1. The molecule has 0 radical (unpaired) electrons. The van der Waals surface area contributed by atoms with Gasteiger partial charge in [0.2, 0.25) is 0 Å². The molecule has 4 nitrogen and oxygen atoms in total. The molecular formula is C25H32N2O2. The number of rotatable bonds is 4. The van der Waals surface area contributed by atoms with Crippen LogP contribution in [-0.2, 0) is 13.1 Å². The van der Waals surface area contributed by atoms with Gasteiger partial charge in [-0.3, -0.25) is 9.69 Å². The molecule has 2 bridgehead atoms. The Hall–Kier alpha value is -2.07. The van der Waals surface area contributed by atoms with Crippen LogP contribution in [0.1, 0.15) is 67.2 Å². The molecule has 2 unspecified atom stereocenters. The normalized spacial score (nSPS) is 24.9. The van der Waals surface area contributed by atoms with E-state index in [-0.39, 0.29) is 0 Å². The molecule has 154 valence electrons. The minimum Gasteiger partial charge on any atom is -0.497 e. The summed E-state index contributed by atoms with van der Waals surface area (Å²) in [5, 5.41) is 0. The first-order valence-corrected chi connectivity index (χ1v) is 11.3. The van der Waals surface area contributed by atoms with Gasteiger partial charge in [0.05, 0.1) is 7.11 Å². The topological polar surface area (TPSA) is 34.5 Å². The van der Waals surface area contributed by atoms with Gasteiger partial charge in [-0.15, -0.1) is 0 Å². The minimum atomic E-state index is 0.313. The number of nitrogens with zero attached hydrogens (tertiary/aromatic N) is 2. The van der Waals surface area contributed by atoms with Gasteiger partial charge in [-0.1, -0.05) is 37.5 Å². The second kappa shape index (κ2) is 7.98. The maximum atomic E-state index is 13.3. The largest absolute Gasteiger partial charge is 0.497 e. The molecule has 1 aliphatic carbocycles. The number of hydrogen-bond acceptors (Lipinski definition) is 3. The molecule has 2 aromatic rings. The van der Waals surface area contributed by atoms with Crippen molar-refractivity contribution in [2.24, 2.45) is 5.92 Å². The molecule has 5 rings (SSSR count). The molecule has 2 aliphatic heterocycles. The van der Waals surface area contributed by atoms with E-state index in [0.29, 0.717) is 23.3 Å². The quantitative estimate of drug-likeness (QED) is 0.767. The minimum absolute atomic E-state index is 0.313. The molecule has 3 aliphatic rings. The summed E-state index contributed by atoms with van der Waals surface area (Å²) in [4.78, 5) is 15.9. The van der Waals surface area contributed by atoms with Gasteiger partial charge in [0, 0.05) is 43.4 Å². The van der Waals surface area contributed by atoms with E-state index >= 15 is 0 Å². The molecule has 0 N–H and O–H groups in total. The average molecular weight is 393 g/mol. The smallest absolute Gasteiger partial charge is 0.254 e. The van der Waals surface area contributed by atoms with Crippen LogP contribution in [0.2, 0.25) is 0 Å². The van der Waals surface area contributed by atoms with Crippen LogP contribution in [0, 0.1) is 5.92 Å². The fraction of sp³-hybridized carbons (Fsp3) is 0.560. The monoisotopic (exact) mass is 392 g/mol. The molecule has 1 saturated heterocycles. The van der Waals surface area contributed by atoms with Crippen molar-refractivity contribution in [3.05, 3.63) is 63.6 Å². The molecule has 29 heavy (non-hydrogen) atoms. The molecule has 1 saturated carbocycles. The van der Waals surface area contributed by atoms with Crippen LogP contribution in [0.3, 0.4) is 0 Å². The Balaban J connectivity index is 1.35. The van der Waals surface area contributed by atoms with Crippen molar-refractivity contribution in [1.29, 1.82) is 0 Å². The zero-order valence-corrected chi connectivity index (χ0v) is 17.5. The summed E-state index contributed by atoms with van der Waals surface area (Å²) < 4.78 is 7.42. The van der Waals surface area contributed by atoms with Gasteiger partial charge in [0.1, 0.15) is 5.75 Å². The van der Waals surface area contributed by atoms with Gasteiger partial charge >= 0.3 is 0 Å². The third-order valence-corrected chi connectivity index (χ3v) is 7.32. The van der Waals surface area contributed by atoms with Crippen LogP contribution in [0.5, 0.6) is 5.75 Å². The summed E-state index contributed by atoms with van der Waals surface area (Å²) in [7, 11) is 1.71. The van der Waals surface area contributed by atoms with E-state index in [1.165, 1.54) is 49.8 Å². The van der Waals surface area contributed by atoms with Crippen molar-refractivity contribution in [3.8, 4) is 5.75 Å².